The molecular weight excluding hydrogens is 264 g/mol. The maximum atomic E-state index is 9.64. The molecule has 0 amide bonds. The van der Waals surface area contributed by atoms with Gasteiger partial charge in [-0.2, -0.15) is 5.26 Å². The van der Waals surface area contributed by atoms with Crippen LogP contribution in [0, 0.1) is 11.3 Å². The number of nitrogens with zero attached hydrogens (tertiary/aromatic N) is 2. The van der Waals surface area contributed by atoms with Gasteiger partial charge < -0.3 is 4.43 Å². The Balaban J connectivity index is 3.39. The van der Waals surface area contributed by atoms with E-state index in [1.807, 2.05) is 32.3 Å². The fourth-order valence-corrected chi connectivity index (χ4v) is 3.24. The van der Waals surface area contributed by atoms with Crippen LogP contribution in [0.4, 0.5) is 0 Å². The molecule has 0 saturated carbocycles. The maximum Gasteiger partial charge on any atom is 0.229 e. The Morgan fingerprint density at radius 1 is 1.28 bits per heavy atom. The van der Waals surface area contributed by atoms with Crippen LogP contribution in [0.1, 0.15) is 5.56 Å². The van der Waals surface area contributed by atoms with Crippen LogP contribution in [0.15, 0.2) is 24.3 Å². The van der Waals surface area contributed by atoms with E-state index in [0.29, 0.717) is 10.6 Å². The number of halogens is 1. The fourth-order valence-electron chi connectivity index (χ4n) is 1.75. The Morgan fingerprint density at radius 3 is 2.22 bits per heavy atom. The lowest BCUT2D eigenvalue weighted by molar-refractivity contribution is -0.0177. The van der Waals surface area contributed by atoms with Gasteiger partial charge in [-0.05, 0) is 39.8 Å². The van der Waals surface area contributed by atoms with E-state index >= 15 is 0 Å². The summed E-state index contributed by atoms with van der Waals surface area (Å²) < 4.78 is 6.12. The number of nitriles is 1. The number of rotatable bonds is 4. The molecule has 1 aromatic carbocycles. The third kappa shape index (κ3) is 3.12. The van der Waals surface area contributed by atoms with Crippen LogP contribution in [0.2, 0.25) is 24.7 Å². The summed E-state index contributed by atoms with van der Waals surface area (Å²) in [6.45, 7) is 6.16. The first-order chi connectivity index (χ1) is 8.23. The van der Waals surface area contributed by atoms with E-state index < -0.39 is 14.0 Å². The third-order valence-electron chi connectivity index (χ3n) is 2.47. The molecule has 0 aliphatic heterocycles. The molecule has 0 aliphatic carbocycles. The molecule has 0 bridgehead atoms. The second kappa shape index (κ2) is 5.41. The van der Waals surface area contributed by atoms with Gasteiger partial charge in [-0.3, -0.25) is 4.90 Å². The van der Waals surface area contributed by atoms with Gasteiger partial charge in [0.1, 0.15) is 6.07 Å². The van der Waals surface area contributed by atoms with Crippen molar-refractivity contribution in [2.24, 2.45) is 0 Å². The highest BCUT2D eigenvalue weighted by molar-refractivity contribution is 6.69. The van der Waals surface area contributed by atoms with E-state index in [9.17, 15) is 5.26 Å². The minimum atomic E-state index is -1.90. The lowest BCUT2D eigenvalue weighted by atomic mass is 10.0. The van der Waals surface area contributed by atoms with Crippen molar-refractivity contribution in [2.45, 2.75) is 25.4 Å². The van der Waals surface area contributed by atoms with E-state index in [1.54, 1.807) is 11.0 Å². The van der Waals surface area contributed by atoms with Gasteiger partial charge in [0.15, 0.2) is 8.32 Å². The van der Waals surface area contributed by atoms with Crippen molar-refractivity contribution in [3.05, 3.63) is 34.9 Å². The summed E-state index contributed by atoms with van der Waals surface area (Å²) in [5, 5.41) is 10.2. The van der Waals surface area contributed by atoms with Crippen LogP contribution >= 0.6 is 11.6 Å². The third-order valence-corrected chi connectivity index (χ3v) is 3.71. The number of hydrogen-bond acceptors (Lipinski definition) is 3. The van der Waals surface area contributed by atoms with E-state index in [0.717, 1.165) is 0 Å². The largest absolute Gasteiger partial charge is 0.385 e. The first kappa shape index (κ1) is 15.2. The van der Waals surface area contributed by atoms with Crippen LogP contribution in [-0.4, -0.2) is 27.3 Å². The maximum absolute atomic E-state index is 9.64. The molecule has 1 atom stereocenters. The van der Waals surface area contributed by atoms with Crippen LogP contribution in [-0.2, 0) is 10.2 Å². The van der Waals surface area contributed by atoms with Gasteiger partial charge in [-0.15, -0.1) is 0 Å². The molecule has 18 heavy (non-hydrogen) atoms. The van der Waals surface area contributed by atoms with Gasteiger partial charge in [0.25, 0.3) is 0 Å². The quantitative estimate of drug-likeness (QED) is 0.627. The molecule has 98 valence electrons. The van der Waals surface area contributed by atoms with Crippen molar-refractivity contribution in [3.63, 3.8) is 0 Å². The summed E-state index contributed by atoms with van der Waals surface area (Å²) in [5.74, 6) is 0. The summed E-state index contributed by atoms with van der Waals surface area (Å²) in [6.07, 6.45) is 0. The fraction of sp³-hybridized carbons (Fsp3) is 0.462. The minimum Gasteiger partial charge on any atom is -0.385 e. The summed E-state index contributed by atoms with van der Waals surface area (Å²) in [6, 6.07) is 9.61. The Kier molecular flexibility index (Phi) is 4.57. The van der Waals surface area contributed by atoms with Crippen LogP contribution in [0.25, 0.3) is 0 Å². The molecule has 0 fully saturated rings. The molecule has 0 N–H and O–H groups in total. The van der Waals surface area contributed by atoms with E-state index in [4.69, 9.17) is 16.0 Å². The van der Waals surface area contributed by atoms with Crippen molar-refractivity contribution in [1.82, 2.24) is 4.90 Å². The average Bonchev–Trinajstić information content (AvgIpc) is 2.25. The Bertz CT molecular complexity index is 465. The zero-order valence-corrected chi connectivity index (χ0v) is 13.2. The minimum absolute atomic E-state index is 0.547. The molecule has 0 aliphatic rings. The van der Waals surface area contributed by atoms with Crippen LogP contribution in [0.5, 0.6) is 0 Å². The van der Waals surface area contributed by atoms with Gasteiger partial charge in [0, 0.05) is 10.6 Å². The lowest BCUT2D eigenvalue weighted by Gasteiger charge is -2.39. The smallest absolute Gasteiger partial charge is 0.229 e. The van der Waals surface area contributed by atoms with Gasteiger partial charge in [-0.1, -0.05) is 29.8 Å². The van der Waals surface area contributed by atoms with Gasteiger partial charge >= 0.3 is 0 Å². The Hall–Kier alpha value is -0.863. The predicted octanol–water partition coefficient (Wildman–Crippen LogP) is 3.43. The molecule has 0 radical (unpaired) electrons. The summed E-state index contributed by atoms with van der Waals surface area (Å²) >= 11 is 6.22. The van der Waals surface area contributed by atoms with E-state index in [-0.39, 0.29) is 0 Å². The highest BCUT2D eigenvalue weighted by Crippen LogP contribution is 2.35. The van der Waals surface area contributed by atoms with Crippen LogP contribution in [0.3, 0.4) is 0 Å². The molecule has 0 heterocycles. The zero-order chi connectivity index (χ0) is 14.0. The van der Waals surface area contributed by atoms with Gasteiger partial charge in [0.05, 0.1) is 0 Å². The monoisotopic (exact) mass is 282 g/mol. The van der Waals surface area contributed by atoms with E-state index in [2.05, 4.69) is 25.7 Å². The second-order valence-corrected chi connectivity index (χ2v) is 10.2. The molecule has 0 saturated heterocycles. The summed E-state index contributed by atoms with van der Waals surface area (Å²) in [5.41, 5.74) is -0.426. The average molecular weight is 283 g/mol. The van der Waals surface area contributed by atoms with Crippen LogP contribution < -0.4 is 0 Å². The molecule has 1 unspecified atom stereocenters. The molecule has 1 rings (SSSR count). The summed E-state index contributed by atoms with van der Waals surface area (Å²) in [4.78, 5) is 1.77. The molecule has 0 aromatic heterocycles. The lowest BCUT2D eigenvalue weighted by Crippen LogP contribution is -2.49. The topological polar surface area (TPSA) is 36.3 Å². The first-order valence-electron chi connectivity index (χ1n) is 5.77. The normalized spacial score (nSPS) is 15.2. The second-order valence-electron chi connectivity index (χ2n) is 5.34. The molecular formula is C13H19ClN2OSi. The molecule has 5 heteroatoms. The highest BCUT2D eigenvalue weighted by Gasteiger charge is 2.41. The Labute approximate surface area is 115 Å². The Morgan fingerprint density at radius 2 is 1.83 bits per heavy atom. The zero-order valence-electron chi connectivity index (χ0n) is 11.5. The molecule has 1 aromatic rings. The first-order valence-corrected chi connectivity index (χ1v) is 9.55. The standard InChI is InChI=1S/C13H19ClN2OSi/c1-16(2)13(10-15,17-18(3,4)5)11-8-6-7-9-12(11)14/h6-9H,1-5H3. The van der Waals surface area contributed by atoms with Gasteiger partial charge in [-0.25, -0.2) is 0 Å². The van der Waals surface area contributed by atoms with Crippen molar-refractivity contribution in [1.29, 1.82) is 5.26 Å². The number of hydrogen-bond donors (Lipinski definition) is 0. The predicted molar refractivity (Wildman–Crippen MR) is 76.9 cm³/mol. The number of benzene rings is 1. The van der Waals surface area contributed by atoms with Crippen molar-refractivity contribution < 1.29 is 4.43 Å². The highest BCUT2D eigenvalue weighted by atomic mass is 35.5. The summed E-state index contributed by atoms with van der Waals surface area (Å²) in [7, 11) is 1.75. The van der Waals surface area contributed by atoms with Crippen molar-refractivity contribution in [2.75, 3.05) is 14.1 Å². The van der Waals surface area contributed by atoms with Crippen molar-refractivity contribution in [3.8, 4) is 6.07 Å². The molecule has 0 spiro atoms. The molecule has 3 nitrogen and oxygen atoms in total. The van der Waals surface area contributed by atoms with Gasteiger partial charge in [0.2, 0.25) is 5.72 Å². The van der Waals surface area contributed by atoms with E-state index in [1.165, 1.54) is 0 Å². The SMILES string of the molecule is CN(C)C(C#N)(O[Si](C)(C)C)c1ccccc1Cl. The van der Waals surface area contributed by atoms with Crippen molar-refractivity contribution >= 4 is 19.9 Å².